The van der Waals surface area contributed by atoms with Crippen molar-refractivity contribution in [2.24, 2.45) is 4.99 Å². The summed E-state index contributed by atoms with van der Waals surface area (Å²) in [5, 5.41) is 0. The van der Waals surface area contributed by atoms with E-state index in [0.29, 0.717) is 0 Å². The molecule has 0 spiro atoms. The third-order valence-corrected chi connectivity index (χ3v) is 2.19. The lowest BCUT2D eigenvalue weighted by molar-refractivity contribution is 1.04. The average Bonchev–Trinajstić information content (AvgIpc) is 2.71. The predicted molar refractivity (Wildman–Crippen MR) is 47.1 cm³/mol. The van der Waals surface area contributed by atoms with Crippen LogP contribution < -0.4 is 0 Å². The van der Waals surface area contributed by atoms with Crippen molar-refractivity contribution in [3.05, 3.63) is 35.9 Å². The van der Waals surface area contributed by atoms with Gasteiger partial charge in [0.1, 0.15) is 0 Å². The smallest absolute Gasteiger partial charge is 0.0955 e. The molecule has 1 unspecified atom stereocenters. The van der Waals surface area contributed by atoms with Gasteiger partial charge in [-0.2, -0.15) is 0 Å². The number of hydrogen-bond acceptors (Lipinski definition) is 2. The fraction of sp³-hybridized carbons (Fsp3) is 0.111. The van der Waals surface area contributed by atoms with Crippen LogP contribution in [-0.4, -0.2) is 22.2 Å². The normalized spacial score (nSPS) is 23.7. The number of aliphatic imine (C=N–C) groups is 1. The van der Waals surface area contributed by atoms with E-state index in [1.807, 2.05) is 12.3 Å². The highest BCUT2D eigenvalue weighted by molar-refractivity contribution is 5.92. The summed E-state index contributed by atoms with van der Waals surface area (Å²) in [7, 11) is 0. The number of fused-ring (bicyclic) bond motifs is 3. The Hall–Kier alpha value is -1.64. The minimum absolute atomic E-state index is 0.209. The molecule has 3 nitrogen and oxygen atoms in total. The minimum atomic E-state index is 0.209. The number of nitrogens with one attached hydrogen (secondary N) is 1. The van der Waals surface area contributed by atoms with Gasteiger partial charge in [-0.3, -0.25) is 4.99 Å². The van der Waals surface area contributed by atoms with Gasteiger partial charge in [0.25, 0.3) is 0 Å². The summed E-state index contributed by atoms with van der Waals surface area (Å²) in [6, 6.07) is 0.209. The van der Waals surface area contributed by atoms with Crippen LogP contribution in [0.5, 0.6) is 0 Å². The van der Waals surface area contributed by atoms with E-state index in [1.165, 1.54) is 5.57 Å². The van der Waals surface area contributed by atoms with Crippen LogP contribution in [0.15, 0.2) is 29.5 Å². The van der Waals surface area contributed by atoms with Gasteiger partial charge in [-0.15, -0.1) is 0 Å². The Balaban J connectivity index is 2.26. The second kappa shape index (κ2) is 1.94. The van der Waals surface area contributed by atoms with E-state index < -0.39 is 0 Å². The molecule has 1 aromatic rings. The first-order chi connectivity index (χ1) is 5.95. The van der Waals surface area contributed by atoms with E-state index in [2.05, 4.69) is 27.1 Å². The molecule has 2 aliphatic rings. The molecule has 1 atom stereocenters. The van der Waals surface area contributed by atoms with Crippen LogP contribution in [0.3, 0.4) is 0 Å². The Morgan fingerprint density at radius 2 is 2.42 bits per heavy atom. The van der Waals surface area contributed by atoms with Gasteiger partial charge in [0.05, 0.1) is 23.8 Å². The number of aromatic nitrogens is 2. The SMILES string of the molecule is C1=CC2N=Cc3[nH]cnc3C2=C1. The van der Waals surface area contributed by atoms with E-state index >= 15 is 0 Å². The summed E-state index contributed by atoms with van der Waals surface area (Å²) in [6.07, 6.45) is 9.73. The van der Waals surface area contributed by atoms with Crippen molar-refractivity contribution in [2.45, 2.75) is 6.04 Å². The lowest BCUT2D eigenvalue weighted by atomic mass is 10.0. The molecule has 1 aromatic heterocycles. The van der Waals surface area contributed by atoms with Crippen molar-refractivity contribution in [1.82, 2.24) is 9.97 Å². The highest BCUT2D eigenvalue weighted by Gasteiger charge is 2.22. The summed E-state index contributed by atoms with van der Waals surface area (Å²) in [5.41, 5.74) is 3.26. The lowest BCUT2D eigenvalue weighted by Crippen LogP contribution is -2.09. The van der Waals surface area contributed by atoms with Gasteiger partial charge < -0.3 is 4.98 Å². The third-order valence-electron chi connectivity index (χ3n) is 2.19. The molecule has 0 aromatic carbocycles. The molecule has 3 rings (SSSR count). The fourth-order valence-electron chi connectivity index (χ4n) is 1.60. The van der Waals surface area contributed by atoms with Crippen LogP contribution in [0, 0.1) is 0 Å². The van der Waals surface area contributed by atoms with Crippen LogP contribution in [-0.2, 0) is 0 Å². The van der Waals surface area contributed by atoms with Crippen molar-refractivity contribution in [3.8, 4) is 0 Å². The Labute approximate surface area is 69.6 Å². The maximum Gasteiger partial charge on any atom is 0.0955 e. The van der Waals surface area contributed by atoms with Gasteiger partial charge in [-0.25, -0.2) is 4.98 Å². The van der Waals surface area contributed by atoms with E-state index in [4.69, 9.17) is 0 Å². The first-order valence-electron chi connectivity index (χ1n) is 3.90. The van der Waals surface area contributed by atoms with Gasteiger partial charge in [-0.05, 0) is 0 Å². The van der Waals surface area contributed by atoms with Gasteiger partial charge in [0.2, 0.25) is 0 Å². The van der Waals surface area contributed by atoms with Crippen LogP contribution >= 0.6 is 0 Å². The Morgan fingerprint density at radius 3 is 3.42 bits per heavy atom. The number of allylic oxidation sites excluding steroid dienone is 2. The molecule has 1 aliphatic heterocycles. The van der Waals surface area contributed by atoms with Gasteiger partial charge in [0.15, 0.2) is 0 Å². The van der Waals surface area contributed by atoms with Crippen molar-refractivity contribution >= 4 is 11.8 Å². The number of rotatable bonds is 0. The highest BCUT2D eigenvalue weighted by Crippen LogP contribution is 2.28. The first-order valence-corrected chi connectivity index (χ1v) is 3.90. The Kier molecular flexibility index (Phi) is 0.961. The number of hydrogen-bond donors (Lipinski definition) is 1. The van der Waals surface area contributed by atoms with Gasteiger partial charge in [0, 0.05) is 11.8 Å². The van der Waals surface area contributed by atoms with E-state index in [-0.39, 0.29) is 6.04 Å². The molecular weight excluding hydrogens is 150 g/mol. The van der Waals surface area contributed by atoms with Crippen LogP contribution in [0.4, 0.5) is 0 Å². The zero-order valence-corrected chi connectivity index (χ0v) is 6.36. The summed E-state index contributed by atoms with van der Waals surface area (Å²) >= 11 is 0. The van der Waals surface area contributed by atoms with Crippen LogP contribution in [0.25, 0.3) is 5.57 Å². The summed E-state index contributed by atoms with van der Waals surface area (Å²) in [6.45, 7) is 0. The molecule has 1 N–H and O–H groups in total. The summed E-state index contributed by atoms with van der Waals surface area (Å²) in [4.78, 5) is 11.6. The highest BCUT2D eigenvalue weighted by atomic mass is 14.9. The molecular formula is C9H7N3. The predicted octanol–water partition coefficient (Wildman–Crippen LogP) is 1.16. The van der Waals surface area contributed by atoms with Crippen molar-refractivity contribution in [2.75, 3.05) is 0 Å². The van der Waals surface area contributed by atoms with Crippen molar-refractivity contribution in [1.29, 1.82) is 0 Å². The summed E-state index contributed by atoms with van der Waals surface area (Å²) < 4.78 is 0. The Morgan fingerprint density at radius 1 is 1.42 bits per heavy atom. The maximum atomic E-state index is 4.35. The van der Waals surface area contributed by atoms with Gasteiger partial charge in [-0.1, -0.05) is 18.2 Å². The monoisotopic (exact) mass is 157 g/mol. The molecule has 0 fully saturated rings. The summed E-state index contributed by atoms with van der Waals surface area (Å²) in [5.74, 6) is 0. The van der Waals surface area contributed by atoms with E-state index in [1.54, 1.807) is 6.33 Å². The zero-order valence-electron chi connectivity index (χ0n) is 6.36. The molecule has 3 heteroatoms. The standard InChI is InChI=1S/C9H7N3/c1-2-6-7(3-1)10-4-8-9(6)12-5-11-8/h1-5,7H,(H,11,12). The first kappa shape index (κ1) is 5.94. The third kappa shape index (κ3) is 0.605. The second-order valence-corrected chi connectivity index (χ2v) is 2.89. The molecule has 0 saturated heterocycles. The molecule has 0 amide bonds. The van der Waals surface area contributed by atoms with E-state index in [0.717, 1.165) is 11.4 Å². The zero-order chi connectivity index (χ0) is 7.97. The molecule has 1 aliphatic carbocycles. The lowest BCUT2D eigenvalue weighted by Gasteiger charge is -2.11. The molecule has 12 heavy (non-hydrogen) atoms. The molecule has 2 heterocycles. The number of nitrogens with zero attached hydrogens (tertiary/aromatic N) is 2. The number of aromatic amines is 1. The molecule has 58 valence electrons. The van der Waals surface area contributed by atoms with E-state index in [9.17, 15) is 0 Å². The second-order valence-electron chi connectivity index (χ2n) is 2.89. The molecule has 0 saturated carbocycles. The van der Waals surface area contributed by atoms with Gasteiger partial charge >= 0.3 is 0 Å². The van der Waals surface area contributed by atoms with Crippen molar-refractivity contribution in [3.63, 3.8) is 0 Å². The van der Waals surface area contributed by atoms with Crippen LogP contribution in [0.2, 0.25) is 0 Å². The number of H-pyrrole nitrogens is 1. The number of imidazole rings is 1. The van der Waals surface area contributed by atoms with Crippen LogP contribution in [0.1, 0.15) is 11.4 Å². The minimum Gasteiger partial charge on any atom is -0.343 e. The quantitative estimate of drug-likeness (QED) is 0.603. The fourth-order valence-corrected chi connectivity index (χ4v) is 1.60. The topological polar surface area (TPSA) is 41.0 Å². The molecule has 0 radical (unpaired) electrons. The maximum absolute atomic E-state index is 4.35. The average molecular weight is 157 g/mol. The largest absolute Gasteiger partial charge is 0.343 e. The molecule has 0 bridgehead atoms. The Bertz CT molecular complexity index is 409. The van der Waals surface area contributed by atoms with Crippen molar-refractivity contribution < 1.29 is 0 Å².